The molecule has 0 aliphatic carbocycles. The Labute approximate surface area is 179 Å². The zero-order valence-electron chi connectivity index (χ0n) is 16.8. The van der Waals surface area contributed by atoms with Crippen LogP contribution in [0.1, 0.15) is 5.56 Å². The highest BCUT2D eigenvalue weighted by Crippen LogP contribution is 2.27. The molecule has 0 spiro atoms. The number of aromatic amines is 1. The fourth-order valence-electron chi connectivity index (χ4n) is 3.54. The van der Waals surface area contributed by atoms with Crippen LogP contribution in [-0.2, 0) is 6.42 Å². The maximum atomic E-state index is 14.1. The molecule has 2 aromatic heterocycles. The molecular formula is C26H20FN3O. The van der Waals surface area contributed by atoms with E-state index in [9.17, 15) is 4.39 Å². The fourth-order valence-corrected chi connectivity index (χ4v) is 3.54. The smallest absolute Gasteiger partial charge is 0.157 e. The lowest BCUT2D eigenvalue weighted by molar-refractivity contribution is 0.322. The van der Waals surface area contributed by atoms with Crippen LogP contribution in [0.3, 0.4) is 0 Å². The van der Waals surface area contributed by atoms with Crippen molar-refractivity contribution < 1.29 is 9.13 Å². The topological polar surface area (TPSA) is 50.8 Å². The molecule has 0 saturated heterocycles. The van der Waals surface area contributed by atoms with E-state index < -0.39 is 0 Å². The van der Waals surface area contributed by atoms with Crippen molar-refractivity contribution in [2.75, 3.05) is 6.61 Å². The van der Waals surface area contributed by atoms with Crippen molar-refractivity contribution in [2.24, 2.45) is 0 Å². The minimum atomic E-state index is -0.278. The van der Waals surface area contributed by atoms with E-state index in [2.05, 4.69) is 27.1 Å². The number of fused-ring (bicyclic) bond motifs is 1. The number of rotatable bonds is 6. The van der Waals surface area contributed by atoms with Crippen molar-refractivity contribution in [1.82, 2.24) is 15.0 Å². The Bertz CT molecular complexity index is 1330. The molecule has 5 rings (SSSR count). The Balaban J connectivity index is 1.37. The number of imidazole rings is 1. The molecule has 152 valence electrons. The van der Waals surface area contributed by atoms with Crippen LogP contribution in [0.5, 0.6) is 5.75 Å². The minimum Gasteiger partial charge on any atom is -0.493 e. The van der Waals surface area contributed by atoms with Gasteiger partial charge in [-0.3, -0.25) is 0 Å². The summed E-state index contributed by atoms with van der Waals surface area (Å²) in [6.45, 7) is 0.598. The van der Waals surface area contributed by atoms with Gasteiger partial charge >= 0.3 is 0 Å². The molecule has 4 nitrogen and oxygen atoms in total. The van der Waals surface area contributed by atoms with Crippen molar-refractivity contribution >= 4 is 11.2 Å². The highest BCUT2D eigenvalue weighted by Gasteiger charge is 2.11. The molecule has 0 radical (unpaired) electrons. The van der Waals surface area contributed by atoms with Crippen LogP contribution < -0.4 is 4.74 Å². The molecule has 0 saturated carbocycles. The largest absolute Gasteiger partial charge is 0.493 e. The first-order valence-corrected chi connectivity index (χ1v) is 10.1. The van der Waals surface area contributed by atoms with Gasteiger partial charge in [0, 0.05) is 29.3 Å². The Morgan fingerprint density at radius 2 is 1.68 bits per heavy atom. The molecule has 1 N–H and O–H groups in total. The number of nitrogens with zero attached hydrogens (tertiary/aromatic N) is 2. The summed E-state index contributed by atoms with van der Waals surface area (Å²) in [6, 6.07) is 26.6. The Hall–Kier alpha value is -3.99. The van der Waals surface area contributed by atoms with Crippen molar-refractivity contribution in [3.05, 3.63) is 103 Å². The van der Waals surface area contributed by atoms with Crippen molar-refractivity contribution in [2.45, 2.75) is 6.42 Å². The molecule has 5 heteroatoms. The van der Waals surface area contributed by atoms with E-state index >= 15 is 0 Å². The predicted octanol–water partition coefficient (Wildman–Crippen LogP) is 6.05. The Morgan fingerprint density at radius 3 is 2.55 bits per heavy atom. The second-order valence-corrected chi connectivity index (χ2v) is 7.27. The molecule has 0 aliphatic rings. The summed E-state index contributed by atoms with van der Waals surface area (Å²) in [5.41, 5.74) is 4.70. The normalized spacial score (nSPS) is 11.0. The summed E-state index contributed by atoms with van der Waals surface area (Å²) in [7, 11) is 0. The van der Waals surface area contributed by atoms with Crippen LogP contribution in [0.25, 0.3) is 33.7 Å². The second-order valence-electron chi connectivity index (χ2n) is 7.27. The van der Waals surface area contributed by atoms with Crippen molar-refractivity contribution in [3.8, 4) is 28.3 Å². The molecule has 0 bridgehead atoms. The van der Waals surface area contributed by atoms with E-state index in [4.69, 9.17) is 4.74 Å². The van der Waals surface area contributed by atoms with Gasteiger partial charge in [0.1, 0.15) is 22.9 Å². The van der Waals surface area contributed by atoms with Crippen molar-refractivity contribution in [1.29, 1.82) is 0 Å². The first kappa shape index (κ1) is 19.0. The van der Waals surface area contributed by atoms with Gasteiger partial charge in [0.2, 0.25) is 0 Å². The first-order chi connectivity index (χ1) is 15.3. The Morgan fingerprint density at radius 1 is 0.839 bits per heavy atom. The van der Waals surface area contributed by atoms with Crippen molar-refractivity contribution in [3.63, 3.8) is 0 Å². The molecular weight excluding hydrogens is 389 g/mol. The lowest BCUT2D eigenvalue weighted by Gasteiger charge is -2.07. The molecule has 0 amide bonds. The van der Waals surface area contributed by atoms with Crippen LogP contribution in [-0.4, -0.2) is 21.6 Å². The predicted molar refractivity (Wildman–Crippen MR) is 120 cm³/mol. The summed E-state index contributed by atoms with van der Waals surface area (Å²) < 4.78 is 20.1. The zero-order valence-corrected chi connectivity index (χ0v) is 16.8. The van der Waals surface area contributed by atoms with E-state index in [-0.39, 0.29) is 5.82 Å². The first-order valence-electron chi connectivity index (χ1n) is 10.1. The summed E-state index contributed by atoms with van der Waals surface area (Å²) in [4.78, 5) is 12.3. The number of benzene rings is 3. The van der Waals surface area contributed by atoms with E-state index in [0.29, 0.717) is 34.7 Å². The standard InChI is InChI=1S/C26H20FN3O/c27-23-12-5-4-11-22(23)20-16-24-26(28-17-20)30-25(29-24)19-9-6-10-21(15-19)31-14-13-18-7-2-1-3-8-18/h1-12,15-17H,13-14H2,(H,28,29,30). The maximum Gasteiger partial charge on any atom is 0.157 e. The van der Waals surface area contributed by atoms with E-state index in [1.54, 1.807) is 18.3 Å². The quantitative estimate of drug-likeness (QED) is 0.371. The second kappa shape index (κ2) is 8.40. The van der Waals surface area contributed by atoms with Crippen LogP contribution in [0.4, 0.5) is 4.39 Å². The van der Waals surface area contributed by atoms with Gasteiger partial charge in [0.15, 0.2) is 5.65 Å². The minimum absolute atomic E-state index is 0.278. The molecule has 0 fully saturated rings. The number of hydrogen-bond acceptors (Lipinski definition) is 3. The van der Waals surface area contributed by atoms with Crippen LogP contribution in [0.2, 0.25) is 0 Å². The number of halogens is 1. The number of ether oxygens (including phenoxy) is 1. The van der Waals surface area contributed by atoms with Gasteiger partial charge in [-0.05, 0) is 29.8 Å². The van der Waals surface area contributed by atoms with Gasteiger partial charge in [0.25, 0.3) is 0 Å². The van der Waals surface area contributed by atoms with Gasteiger partial charge in [-0.1, -0.05) is 60.7 Å². The van der Waals surface area contributed by atoms with E-state index in [1.165, 1.54) is 11.6 Å². The SMILES string of the molecule is Fc1ccccc1-c1cnc2[nH]c(-c3cccc(OCCc4ccccc4)c3)nc2c1. The lowest BCUT2D eigenvalue weighted by Crippen LogP contribution is -2.01. The van der Waals surface area contributed by atoms with Gasteiger partial charge in [0.05, 0.1) is 6.61 Å². The molecule has 5 aromatic rings. The highest BCUT2D eigenvalue weighted by atomic mass is 19.1. The third-order valence-electron chi connectivity index (χ3n) is 5.13. The number of hydrogen-bond donors (Lipinski definition) is 1. The highest BCUT2D eigenvalue weighted by molar-refractivity contribution is 5.81. The molecule has 3 aromatic carbocycles. The molecule has 2 heterocycles. The number of H-pyrrole nitrogens is 1. The Kier molecular flexibility index (Phi) is 5.15. The lowest BCUT2D eigenvalue weighted by atomic mass is 10.1. The van der Waals surface area contributed by atoms with Crippen LogP contribution in [0, 0.1) is 5.82 Å². The summed E-state index contributed by atoms with van der Waals surface area (Å²) in [6.07, 6.45) is 2.50. The number of aromatic nitrogens is 3. The fraction of sp³-hybridized carbons (Fsp3) is 0.0769. The van der Waals surface area contributed by atoms with E-state index in [0.717, 1.165) is 17.7 Å². The van der Waals surface area contributed by atoms with Crippen LogP contribution in [0.15, 0.2) is 91.1 Å². The van der Waals surface area contributed by atoms with Crippen LogP contribution >= 0.6 is 0 Å². The molecule has 0 unspecified atom stereocenters. The number of nitrogens with one attached hydrogen (secondary N) is 1. The third kappa shape index (κ3) is 4.16. The molecule has 0 atom stereocenters. The van der Waals surface area contributed by atoms with Gasteiger partial charge in [-0.25, -0.2) is 14.4 Å². The van der Waals surface area contributed by atoms with Gasteiger partial charge < -0.3 is 9.72 Å². The van der Waals surface area contributed by atoms with E-state index in [1.807, 2.05) is 54.6 Å². The number of pyridine rings is 1. The summed E-state index contributed by atoms with van der Waals surface area (Å²) in [5, 5.41) is 0. The summed E-state index contributed by atoms with van der Waals surface area (Å²) >= 11 is 0. The van der Waals surface area contributed by atoms with Gasteiger partial charge in [-0.2, -0.15) is 0 Å². The average molecular weight is 409 g/mol. The summed E-state index contributed by atoms with van der Waals surface area (Å²) in [5.74, 6) is 1.20. The average Bonchev–Trinajstić information content (AvgIpc) is 3.24. The maximum absolute atomic E-state index is 14.1. The molecule has 31 heavy (non-hydrogen) atoms. The molecule has 0 aliphatic heterocycles. The monoisotopic (exact) mass is 409 g/mol. The van der Waals surface area contributed by atoms with Gasteiger partial charge in [-0.15, -0.1) is 0 Å². The third-order valence-corrected chi connectivity index (χ3v) is 5.13. The zero-order chi connectivity index (χ0) is 21.0.